The molecule has 0 saturated carbocycles. The monoisotopic (exact) mass is 1070 g/mol. The largest absolute Gasteiger partial charge is 0.494 e. The van der Waals surface area contributed by atoms with Crippen molar-refractivity contribution in [3.8, 4) is 17.2 Å². The number of hydrogen-bond donors (Lipinski definition) is 3. The Bertz CT molecular complexity index is 2080. The molecular formula is C66H96N6O6. The standard InChI is InChI=1S/C66H96N6O6/c1-4-7-10-13-16-19-22-25-28-31-46-73-61-40-34-58(35-41-61)70-67-52-64(76-70)55-49-56(65-53-68-71(77-65)59-36-42-62(43-37-59)74-47-32-29-26-23-20-17-14-11-8-5-2)51-57(50-55)66-54-69-72(78-66)60-38-44-63(45-39-60)75-48-33-30-27-24-21-18-15-12-9-6-3/h34-45,49-54,67-69H,4-33,46-48H2,1-3H3. The van der Waals surface area contributed by atoms with Crippen molar-refractivity contribution in [3.05, 3.63) is 126 Å². The van der Waals surface area contributed by atoms with Gasteiger partial charge in [-0.15, -0.1) is 15.5 Å². The molecule has 0 amide bonds. The summed E-state index contributed by atoms with van der Waals surface area (Å²) in [4.78, 5) is 19.4. The molecule has 0 fully saturated rings. The molecule has 0 atom stereocenters. The lowest BCUT2D eigenvalue weighted by molar-refractivity contribution is 0.241. The maximum absolute atomic E-state index is 6.47. The quantitative estimate of drug-likeness (QED) is 0.0369. The van der Waals surface area contributed by atoms with E-state index in [-0.39, 0.29) is 0 Å². The predicted molar refractivity (Wildman–Crippen MR) is 322 cm³/mol. The van der Waals surface area contributed by atoms with Crippen LogP contribution in [0.15, 0.2) is 110 Å². The van der Waals surface area contributed by atoms with Crippen molar-refractivity contribution in [2.75, 3.05) is 35.3 Å². The Labute approximate surface area is 469 Å². The maximum atomic E-state index is 6.47. The smallest absolute Gasteiger partial charge is 0.182 e. The molecule has 3 heterocycles. The van der Waals surface area contributed by atoms with Crippen LogP contribution in [0.4, 0.5) is 17.1 Å². The van der Waals surface area contributed by atoms with E-state index < -0.39 is 0 Å². The van der Waals surface area contributed by atoms with Gasteiger partial charge in [0.2, 0.25) is 0 Å². The van der Waals surface area contributed by atoms with Crippen LogP contribution in [-0.2, 0) is 14.5 Å². The van der Waals surface area contributed by atoms with Crippen molar-refractivity contribution in [3.63, 3.8) is 0 Å². The van der Waals surface area contributed by atoms with Crippen molar-refractivity contribution < 1.29 is 28.7 Å². The van der Waals surface area contributed by atoms with Gasteiger partial charge in [-0.1, -0.05) is 194 Å². The Morgan fingerprint density at radius 1 is 0.295 bits per heavy atom. The minimum absolute atomic E-state index is 0.632. The molecule has 0 spiro atoms. The highest BCUT2D eigenvalue weighted by atomic mass is 16.7. The van der Waals surface area contributed by atoms with E-state index in [9.17, 15) is 0 Å². The second kappa shape index (κ2) is 35.3. The molecular weight excluding hydrogens is 973 g/mol. The van der Waals surface area contributed by atoms with E-state index >= 15 is 0 Å². The van der Waals surface area contributed by atoms with Crippen LogP contribution in [0.2, 0.25) is 0 Å². The van der Waals surface area contributed by atoms with Crippen LogP contribution >= 0.6 is 0 Å². The van der Waals surface area contributed by atoms with Crippen LogP contribution in [0.5, 0.6) is 17.2 Å². The van der Waals surface area contributed by atoms with Gasteiger partial charge in [0.1, 0.15) is 17.2 Å². The summed E-state index contributed by atoms with van der Waals surface area (Å²) in [5, 5.41) is 4.98. The number of anilines is 3. The lowest BCUT2D eigenvalue weighted by Crippen LogP contribution is -2.28. The summed E-state index contributed by atoms with van der Waals surface area (Å²) in [5.41, 5.74) is 14.9. The predicted octanol–water partition coefficient (Wildman–Crippen LogP) is 18.4. The SMILES string of the molecule is CCCCCCCCCCCCOc1ccc(N2NC=C(c3cc(C4=CNN(c5ccc(OCCCCCCCCCCCC)cc5)O4)cc(C4=CNN(c5ccc(OCCCCCCCCCCCC)cc5)O4)c3)O2)cc1. The van der Waals surface area contributed by atoms with Gasteiger partial charge in [-0.25, -0.2) is 0 Å². The van der Waals surface area contributed by atoms with Gasteiger partial charge in [0.25, 0.3) is 0 Å². The molecule has 3 N–H and O–H groups in total. The molecule has 0 saturated heterocycles. The Balaban J connectivity index is 0.913. The molecule has 78 heavy (non-hydrogen) atoms. The highest BCUT2D eigenvalue weighted by molar-refractivity contribution is 5.76. The van der Waals surface area contributed by atoms with Gasteiger partial charge in [0.15, 0.2) is 17.3 Å². The van der Waals surface area contributed by atoms with Gasteiger partial charge in [-0.3, -0.25) is 16.3 Å². The number of hydrazine groups is 3. The van der Waals surface area contributed by atoms with E-state index in [0.29, 0.717) is 17.3 Å². The second-order valence-electron chi connectivity index (χ2n) is 21.4. The summed E-state index contributed by atoms with van der Waals surface area (Å²) >= 11 is 0. The summed E-state index contributed by atoms with van der Waals surface area (Å²) in [7, 11) is 0. The van der Waals surface area contributed by atoms with Crippen molar-refractivity contribution in [1.82, 2.24) is 16.3 Å². The molecule has 4 aromatic rings. The zero-order valence-electron chi connectivity index (χ0n) is 48.0. The van der Waals surface area contributed by atoms with Crippen LogP contribution < -0.4 is 46.0 Å². The summed E-state index contributed by atoms with van der Waals surface area (Å²) in [5.74, 6) is 4.46. The molecule has 12 heteroatoms. The topological polar surface area (TPSA) is 101 Å². The number of rotatable bonds is 42. The van der Waals surface area contributed by atoms with Crippen LogP contribution in [0.25, 0.3) is 17.3 Å². The summed E-state index contributed by atoms with van der Waals surface area (Å²) in [6.45, 7) is 9.00. The summed E-state index contributed by atoms with van der Waals surface area (Å²) in [6.07, 6.45) is 44.7. The first kappa shape index (κ1) is 59.4. The third-order valence-corrected chi connectivity index (χ3v) is 14.8. The van der Waals surface area contributed by atoms with Crippen LogP contribution in [-0.4, -0.2) is 19.8 Å². The number of hydrogen-bond acceptors (Lipinski definition) is 12. The summed E-state index contributed by atoms with van der Waals surface area (Å²) < 4.78 is 18.3. The number of nitrogens with one attached hydrogen (secondary N) is 3. The van der Waals surface area contributed by atoms with Gasteiger partial charge in [0.05, 0.1) is 55.5 Å². The third kappa shape index (κ3) is 20.8. The van der Waals surface area contributed by atoms with E-state index in [1.165, 1.54) is 173 Å². The number of benzene rings is 4. The molecule has 12 nitrogen and oxygen atoms in total. The Morgan fingerprint density at radius 2 is 0.513 bits per heavy atom. The highest BCUT2D eigenvalue weighted by Gasteiger charge is 2.26. The van der Waals surface area contributed by atoms with Crippen molar-refractivity contribution >= 4 is 34.3 Å². The first-order valence-corrected chi connectivity index (χ1v) is 30.8. The fourth-order valence-corrected chi connectivity index (χ4v) is 10.0. The van der Waals surface area contributed by atoms with Gasteiger partial charge >= 0.3 is 0 Å². The van der Waals surface area contributed by atoms with Crippen molar-refractivity contribution in [1.29, 1.82) is 0 Å². The average Bonchev–Trinajstić information content (AvgIpc) is 4.37. The molecule has 3 aliphatic heterocycles. The van der Waals surface area contributed by atoms with E-state index in [1.807, 2.05) is 91.4 Å². The number of ether oxygens (including phenoxy) is 3. The fourth-order valence-electron chi connectivity index (χ4n) is 10.0. The van der Waals surface area contributed by atoms with Crippen LogP contribution in [0.1, 0.15) is 230 Å². The minimum atomic E-state index is 0.632. The van der Waals surface area contributed by atoms with E-state index in [1.54, 1.807) is 15.5 Å². The Hall–Kier alpha value is -6.30. The van der Waals surface area contributed by atoms with Gasteiger partial charge in [-0.2, -0.15) is 0 Å². The third-order valence-electron chi connectivity index (χ3n) is 14.8. The van der Waals surface area contributed by atoms with E-state index in [0.717, 1.165) is 90.1 Å². The molecule has 426 valence electrons. The highest BCUT2D eigenvalue weighted by Crippen LogP contribution is 2.35. The number of unbranched alkanes of at least 4 members (excludes halogenated alkanes) is 27. The number of nitrogens with zero attached hydrogens (tertiary/aromatic N) is 3. The van der Waals surface area contributed by atoms with Crippen molar-refractivity contribution in [2.24, 2.45) is 0 Å². The fraction of sp³-hybridized carbons (Fsp3) is 0.545. The van der Waals surface area contributed by atoms with Crippen LogP contribution in [0.3, 0.4) is 0 Å². The zero-order chi connectivity index (χ0) is 54.1. The van der Waals surface area contributed by atoms with Gasteiger partial charge < -0.3 is 28.7 Å². The molecule has 0 aliphatic carbocycles. The van der Waals surface area contributed by atoms with Gasteiger partial charge in [-0.05, 0) is 110 Å². The van der Waals surface area contributed by atoms with Crippen molar-refractivity contribution in [2.45, 2.75) is 213 Å². The zero-order valence-corrected chi connectivity index (χ0v) is 48.0. The molecule has 0 radical (unpaired) electrons. The first-order valence-electron chi connectivity index (χ1n) is 30.8. The molecule has 0 aromatic heterocycles. The average molecular weight is 1070 g/mol. The normalized spacial score (nSPS) is 13.7. The van der Waals surface area contributed by atoms with Gasteiger partial charge in [0, 0.05) is 16.7 Å². The van der Waals surface area contributed by atoms with E-state index in [2.05, 4.69) is 55.2 Å². The first-order chi connectivity index (χ1) is 38.6. The molecule has 4 aromatic carbocycles. The summed E-state index contributed by atoms with van der Waals surface area (Å²) in [6, 6.07) is 30.2. The van der Waals surface area contributed by atoms with Crippen LogP contribution in [0, 0.1) is 0 Å². The second-order valence-corrected chi connectivity index (χ2v) is 21.4. The van der Waals surface area contributed by atoms with E-state index in [4.69, 9.17) is 28.7 Å². The maximum Gasteiger partial charge on any atom is 0.182 e. The molecule has 0 unspecified atom stereocenters. The lowest BCUT2D eigenvalue weighted by atomic mass is 10.0. The minimum Gasteiger partial charge on any atom is -0.494 e. The Morgan fingerprint density at radius 3 is 0.744 bits per heavy atom. The lowest BCUT2D eigenvalue weighted by Gasteiger charge is -2.20. The molecule has 3 aliphatic rings. The molecule has 7 rings (SSSR count). The Kier molecular flexibility index (Phi) is 26.8. The molecule has 0 bridgehead atoms.